The van der Waals surface area contributed by atoms with E-state index in [9.17, 15) is 14.7 Å². The fraction of sp³-hybridized carbons (Fsp3) is 0.296. The maximum Gasteiger partial charge on any atom is 0.294 e. The smallest absolute Gasteiger partial charge is 0.294 e. The number of anilines is 1. The summed E-state index contributed by atoms with van der Waals surface area (Å²) in [5.41, 5.74) is 2.00. The molecule has 34 heavy (non-hydrogen) atoms. The van der Waals surface area contributed by atoms with E-state index < -0.39 is 17.7 Å². The van der Waals surface area contributed by atoms with Gasteiger partial charge in [-0.25, -0.2) is 4.98 Å². The molecule has 1 atom stereocenters. The summed E-state index contributed by atoms with van der Waals surface area (Å²) in [4.78, 5) is 32.7. The third-order valence-corrected chi connectivity index (χ3v) is 6.77. The van der Waals surface area contributed by atoms with Gasteiger partial charge in [0, 0.05) is 16.8 Å². The minimum Gasteiger partial charge on any atom is -0.503 e. The molecule has 0 radical (unpaired) electrons. The summed E-state index contributed by atoms with van der Waals surface area (Å²) in [6.45, 7) is 0. The molecule has 1 fully saturated rings. The highest BCUT2D eigenvalue weighted by Gasteiger charge is 2.47. The molecule has 0 spiro atoms. The summed E-state index contributed by atoms with van der Waals surface area (Å²) in [5, 5.41) is 10.9. The first-order valence-electron chi connectivity index (χ1n) is 11.5. The third kappa shape index (κ3) is 3.87. The van der Waals surface area contributed by atoms with Crippen LogP contribution in [0.4, 0.5) is 5.69 Å². The predicted octanol–water partition coefficient (Wildman–Crippen LogP) is 5.34. The van der Waals surface area contributed by atoms with Gasteiger partial charge in [0.25, 0.3) is 5.91 Å². The molecule has 1 unspecified atom stereocenters. The monoisotopic (exact) mass is 458 g/mol. The van der Waals surface area contributed by atoms with Crippen molar-refractivity contribution in [1.82, 2.24) is 4.98 Å². The standard InChI is InChI=1S/C27H26N2O5/c1-33-21-13-9-18(10-14-21)24(30)22-23(17-5-3-2-4-6-17)29(27(32)25(22)31)20-11-7-19(8-12-20)26-28-15-16-34-26/h7-17,23,31H,2-6H2,1H3. The second kappa shape index (κ2) is 9.17. The summed E-state index contributed by atoms with van der Waals surface area (Å²) in [5.74, 6) is -0.133. The van der Waals surface area contributed by atoms with Gasteiger partial charge in [-0.1, -0.05) is 19.3 Å². The SMILES string of the molecule is COc1ccc(C(=O)C2=C(O)C(=O)N(c3ccc(-c4ncco4)cc3)C2C2CCCCC2)cc1. The van der Waals surface area contributed by atoms with Crippen molar-refractivity contribution in [3.05, 3.63) is 77.9 Å². The molecule has 1 amide bonds. The van der Waals surface area contributed by atoms with Crippen LogP contribution in [-0.2, 0) is 4.79 Å². The Labute approximate surface area is 197 Å². The van der Waals surface area contributed by atoms with E-state index in [1.807, 2.05) is 12.1 Å². The average Bonchev–Trinajstić information content (AvgIpc) is 3.52. The fourth-order valence-corrected chi connectivity index (χ4v) is 5.07. The zero-order valence-electron chi connectivity index (χ0n) is 18.9. The van der Waals surface area contributed by atoms with Crippen molar-refractivity contribution in [2.24, 2.45) is 5.92 Å². The van der Waals surface area contributed by atoms with Gasteiger partial charge in [0.15, 0.2) is 11.5 Å². The van der Waals surface area contributed by atoms with Crippen LogP contribution in [0.5, 0.6) is 5.75 Å². The lowest BCUT2D eigenvalue weighted by Gasteiger charge is -2.35. The lowest BCUT2D eigenvalue weighted by molar-refractivity contribution is -0.117. The molecule has 1 saturated carbocycles. The summed E-state index contributed by atoms with van der Waals surface area (Å²) in [7, 11) is 1.56. The van der Waals surface area contributed by atoms with Gasteiger partial charge in [-0.15, -0.1) is 0 Å². The highest BCUT2D eigenvalue weighted by Crippen LogP contribution is 2.41. The average molecular weight is 459 g/mol. The molecule has 7 nitrogen and oxygen atoms in total. The first-order chi connectivity index (χ1) is 16.6. The number of rotatable bonds is 6. The number of methoxy groups -OCH3 is 1. The van der Waals surface area contributed by atoms with Crippen LogP contribution in [0.3, 0.4) is 0 Å². The van der Waals surface area contributed by atoms with E-state index in [4.69, 9.17) is 9.15 Å². The molecule has 2 heterocycles. The molecule has 174 valence electrons. The molecule has 1 aromatic heterocycles. The van der Waals surface area contributed by atoms with Crippen molar-refractivity contribution in [3.8, 4) is 17.2 Å². The van der Waals surface area contributed by atoms with E-state index in [1.54, 1.807) is 54.6 Å². The molecule has 2 aromatic carbocycles. The number of benzene rings is 2. The van der Waals surface area contributed by atoms with Crippen LogP contribution in [0.1, 0.15) is 42.5 Å². The minimum absolute atomic E-state index is 0.0889. The number of nitrogens with zero attached hydrogens (tertiary/aromatic N) is 2. The van der Waals surface area contributed by atoms with E-state index >= 15 is 0 Å². The van der Waals surface area contributed by atoms with Crippen LogP contribution < -0.4 is 9.64 Å². The predicted molar refractivity (Wildman–Crippen MR) is 127 cm³/mol. The maximum absolute atomic E-state index is 13.6. The van der Waals surface area contributed by atoms with Crippen molar-refractivity contribution < 1.29 is 23.8 Å². The summed E-state index contributed by atoms with van der Waals surface area (Å²) in [6.07, 6.45) is 8.09. The van der Waals surface area contributed by atoms with Crippen LogP contribution in [-0.4, -0.2) is 34.9 Å². The quantitative estimate of drug-likeness (QED) is 0.501. The van der Waals surface area contributed by atoms with E-state index in [0.717, 1.165) is 37.7 Å². The molecule has 3 aromatic rings. The van der Waals surface area contributed by atoms with Gasteiger partial charge in [-0.2, -0.15) is 0 Å². The highest BCUT2D eigenvalue weighted by molar-refractivity contribution is 6.20. The van der Waals surface area contributed by atoms with E-state index in [-0.39, 0.29) is 17.3 Å². The second-order valence-electron chi connectivity index (χ2n) is 8.72. The number of carbonyl (C=O) groups excluding carboxylic acids is 2. The van der Waals surface area contributed by atoms with Gasteiger partial charge >= 0.3 is 0 Å². The number of ether oxygens (including phenoxy) is 1. The number of hydrogen-bond acceptors (Lipinski definition) is 6. The number of oxazole rings is 1. The van der Waals surface area contributed by atoms with Crippen LogP contribution in [0.15, 0.2) is 76.7 Å². The third-order valence-electron chi connectivity index (χ3n) is 6.77. The van der Waals surface area contributed by atoms with Gasteiger partial charge in [-0.05, 0) is 67.3 Å². The Morgan fingerprint density at radius 1 is 1.06 bits per heavy atom. The number of Topliss-reactive ketones (excluding diaryl/α,β-unsaturated/α-hetero) is 1. The van der Waals surface area contributed by atoms with Crippen molar-refractivity contribution in [2.45, 2.75) is 38.1 Å². The largest absolute Gasteiger partial charge is 0.503 e. The van der Waals surface area contributed by atoms with Gasteiger partial charge in [0.05, 0.1) is 24.9 Å². The number of carbonyl (C=O) groups is 2. The van der Waals surface area contributed by atoms with Crippen LogP contribution in [0, 0.1) is 5.92 Å². The van der Waals surface area contributed by atoms with Gasteiger partial charge in [0.1, 0.15) is 12.0 Å². The molecule has 1 aliphatic heterocycles. The molecule has 0 saturated heterocycles. The van der Waals surface area contributed by atoms with Crippen LogP contribution in [0.25, 0.3) is 11.5 Å². The number of ketones is 1. The Kier molecular flexibility index (Phi) is 5.92. The Hall–Kier alpha value is -3.87. The number of aliphatic hydroxyl groups excluding tert-OH is 1. The van der Waals surface area contributed by atoms with Crippen LogP contribution >= 0.6 is 0 Å². The van der Waals surface area contributed by atoms with Gasteiger partial charge < -0.3 is 14.3 Å². The zero-order chi connectivity index (χ0) is 23.7. The van der Waals surface area contributed by atoms with Gasteiger partial charge in [-0.3, -0.25) is 14.5 Å². The number of aromatic nitrogens is 1. The van der Waals surface area contributed by atoms with Crippen molar-refractivity contribution >= 4 is 17.4 Å². The number of aliphatic hydroxyl groups is 1. The topological polar surface area (TPSA) is 92.9 Å². The summed E-state index contributed by atoms with van der Waals surface area (Å²) in [6, 6.07) is 13.5. The maximum atomic E-state index is 13.6. The first-order valence-corrected chi connectivity index (χ1v) is 11.5. The van der Waals surface area contributed by atoms with Crippen molar-refractivity contribution in [1.29, 1.82) is 0 Å². The lowest BCUT2D eigenvalue weighted by Crippen LogP contribution is -2.42. The molecule has 1 aliphatic carbocycles. The summed E-state index contributed by atoms with van der Waals surface area (Å²) >= 11 is 0. The fourth-order valence-electron chi connectivity index (χ4n) is 5.07. The first kappa shape index (κ1) is 21.9. The summed E-state index contributed by atoms with van der Waals surface area (Å²) < 4.78 is 10.6. The van der Waals surface area contributed by atoms with Crippen molar-refractivity contribution in [2.75, 3.05) is 12.0 Å². The molecule has 5 rings (SSSR count). The van der Waals surface area contributed by atoms with Gasteiger partial charge in [0.2, 0.25) is 5.89 Å². The molecule has 0 bridgehead atoms. The van der Waals surface area contributed by atoms with E-state index in [2.05, 4.69) is 4.98 Å². The zero-order valence-corrected chi connectivity index (χ0v) is 18.9. The van der Waals surface area contributed by atoms with Crippen LogP contribution in [0.2, 0.25) is 0 Å². The molecular weight excluding hydrogens is 432 g/mol. The Morgan fingerprint density at radius 3 is 2.38 bits per heavy atom. The Morgan fingerprint density at radius 2 is 1.76 bits per heavy atom. The van der Waals surface area contributed by atoms with Crippen molar-refractivity contribution in [3.63, 3.8) is 0 Å². The van der Waals surface area contributed by atoms with E-state index in [0.29, 0.717) is 22.9 Å². The highest BCUT2D eigenvalue weighted by atomic mass is 16.5. The Balaban J connectivity index is 1.53. The minimum atomic E-state index is -0.545. The number of amides is 1. The second-order valence-corrected chi connectivity index (χ2v) is 8.72. The lowest BCUT2D eigenvalue weighted by atomic mass is 9.79. The molecule has 2 aliphatic rings. The number of hydrogen-bond donors (Lipinski definition) is 1. The molecule has 7 heteroatoms. The Bertz CT molecular complexity index is 1210. The molecular formula is C27H26N2O5. The molecule has 1 N–H and O–H groups in total. The van der Waals surface area contributed by atoms with E-state index in [1.165, 1.54) is 6.26 Å². The normalized spacial score (nSPS) is 19.0.